The third kappa shape index (κ3) is 2.85. The molecule has 1 atom stereocenters. The molecule has 0 aliphatic carbocycles. The van der Waals surface area contributed by atoms with Crippen LogP contribution in [0.4, 0.5) is 0 Å². The second-order valence-corrected chi connectivity index (χ2v) is 6.58. The number of hydrogen-bond donors (Lipinski definition) is 0. The number of fused-ring (bicyclic) bond motifs is 1. The number of nitrogens with zero attached hydrogens (tertiary/aromatic N) is 1. The molecule has 4 rings (SSSR count). The normalized spacial score (nSPS) is 16.4. The van der Waals surface area contributed by atoms with E-state index in [0.29, 0.717) is 0 Å². The Bertz CT molecular complexity index is 901. The maximum absolute atomic E-state index is 13.3. The summed E-state index contributed by atoms with van der Waals surface area (Å²) in [6.07, 6.45) is 0.900. The zero-order valence-corrected chi connectivity index (χ0v) is 14.4. The second-order valence-electron chi connectivity index (χ2n) is 6.58. The van der Waals surface area contributed by atoms with Crippen molar-refractivity contribution >= 4 is 5.91 Å². The lowest BCUT2D eigenvalue weighted by Crippen LogP contribution is -2.40. The summed E-state index contributed by atoms with van der Waals surface area (Å²) in [5.74, 6) is 0.112. The predicted octanol–water partition coefficient (Wildman–Crippen LogP) is 4.78. The van der Waals surface area contributed by atoms with E-state index in [1.807, 2.05) is 54.3 Å². The third-order valence-corrected chi connectivity index (χ3v) is 5.04. The van der Waals surface area contributed by atoms with Crippen molar-refractivity contribution in [2.45, 2.75) is 19.4 Å². The lowest BCUT2D eigenvalue weighted by molar-refractivity contribution is 0.0694. The molecule has 3 aromatic carbocycles. The first-order valence-electron chi connectivity index (χ1n) is 8.75. The molecule has 0 spiro atoms. The van der Waals surface area contributed by atoms with Crippen molar-refractivity contribution in [1.82, 2.24) is 4.90 Å². The van der Waals surface area contributed by atoms with Crippen LogP contribution < -0.4 is 0 Å². The number of rotatable bonds is 2. The Labute approximate surface area is 148 Å². The zero-order chi connectivity index (χ0) is 17.2. The van der Waals surface area contributed by atoms with E-state index in [0.717, 1.165) is 29.7 Å². The Morgan fingerprint density at radius 1 is 0.880 bits per heavy atom. The molecule has 0 N–H and O–H groups in total. The molecule has 0 aromatic heterocycles. The van der Waals surface area contributed by atoms with Gasteiger partial charge >= 0.3 is 0 Å². The smallest absolute Gasteiger partial charge is 0.254 e. The Hall–Kier alpha value is -2.87. The summed E-state index contributed by atoms with van der Waals surface area (Å²) in [6, 6.07) is 26.7. The maximum Gasteiger partial charge on any atom is 0.254 e. The summed E-state index contributed by atoms with van der Waals surface area (Å²) in [5, 5.41) is 0. The first-order chi connectivity index (χ1) is 12.3. The minimum Gasteiger partial charge on any atom is -0.327 e. The van der Waals surface area contributed by atoms with Crippen LogP contribution in [-0.4, -0.2) is 17.4 Å². The topological polar surface area (TPSA) is 20.3 Å². The summed E-state index contributed by atoms with van der Waals surface area (Å²) >= 11 is 0. The van der Waals surface area contributed by atoms with Crippen molar-refractivity contribution < 1.29 is 4.79 Å². The molecule has 0 saturated carbocycles. The van der Waals surface area contributed by atoms with Crippen molar-refractivity contribution in [3.63, 3.8) is 0 Å². The summed E-state index contributed by atoms with van der Waals surface area (Å²) < 4.78 is 0. The number of carbonyl (C=O) groups excluding carboxylic acids is 1. The number of carbonyl (C=O) groups is 1. The molecule has 3 aromatic rings. The van der Waals surface area contributed by atoms with Crippen molar-refractivity contribution in [3.05, 3.63) is 107 Å². The average molecular weight is 327 g/mol. The van der Waals surface area contributed by atoms with E-state index in [1.54, 1.807) is 0 Å². The van der Waals surface area contributed by atoms with Crippen molar-refractivity contribution in [1.29, 1.82) is 0 Å². The van der Waals surface area contributed by atoms with Crippen LogP contribution in [0.15, 0.2) is 78.9 Å². The molecule has 0 fully saturated rings. The van der Waals surface area contributed by atoms with Gasteiger partial charge < -0.3 is 4.90 Å². The Balaban J connectivity index is 1.82. The first kappa shape index (κ1) is 15.6. The van der Waals surface area contributed by atoms with E-state index in [-0.39, 0.29) is 11.9 Å². The molecule has 124 valence electrons. The predicted molar refractivity (Wildman–Crippen MR) is 101 cm³/mol. The van der Waals surface area contributed by atoms with Gasteiger partial charge in [-0.1, -0.05) is 72.8 Å². The van der Waals surface area contributed by atoms with E-state index < -0.39 is 0 Å². The highest BCUT2D eigenvalue weighted by molar-refractivity contribution is 5.96. The van der Waals surface area contributed by atoms with Crippen LogP contribution in [0.3, 0.4) is 0 Å². The minimum absolute atomic E-state index is 0.0294. The summed E-state index contributed by atoms with van der Waals surface area (Å²) in [6.45, 7) is 2.74. The van der Waals surface area contributed by atoms with Gasteiger partial charge in [0.05, 0.1) is 6.04 Å². The molecule has 0 saturated heterocycles. The minimum atomic E-state index is -0.0294. The number of benzene rings is 3. The highest BCUT2D eigenvalue weighted by atomic mass is 16.2. The standard InChI is InChI=1S/C23H21NO/c1-17-9-5-7-13-20(17)23(25)24-16-15-18-10-6-8-14-21(18)22(24)19-11-3-2-4-12-19/h2-14,22H,15-16H2,1H3. The van der Waals surface area contributed by atoms with Gasteiger partial charge in [0.15, 0.2) is 0 Å². The van der Waals surface area contributed by atoms with Crippen LogP contribution >= 0.6 is 0 Å². The maximum atomic E-state index is 13.3. The molecule has 1 amide bonds. The number of aryl methyl sites for hydroxylation is 1. The highest BCUT2D eigenvalue weighted by Crippen LogP contribution is 2.36. The van der Waals surface area contributed by atoms with E-state index in [1.165, 1.54) is 11.1 Å². The van der Waals surface area contributed by atoms with Gasteiger partial charge in [0.25, 0.3) is 5.91 Å². The van der Waals surface area contributed by atoms with Gasteiger partial charge in [0, 0.05) is 12.1 Å². The van der Waals surface area contributed by atoms with Gasteiger partial charge in [0.1, 0.15) is 0 Å². The number of hydrogen-bond acceptors (Lipinski definition) is 1. The van der Waals surface area contributed by atoms with Crippen molar-refractivity contribution in [2.24, 2.45) is 0 Å². The second kappa shape index (κ2) is 6.56. The fourth-order valence-corrected chi connectivity index (χ4v) is 3.75. The van der Waals surface area contributed by atoms with Gasteiger partial charge in [0.2, 0.25) is 0 Å². The fourth-order valence-electron chi connectivity index (χ4n) is 3.75. The Morgan fingerprint density at radius 2 is 1.56 bits per heavy atom. The summed E-state index contributed by atoms with van der Waals surface area (Å²) in [4.78, 5) is 15.4. The zero-order valence-electron chi connectivity index (χ0n) is 14.4. The number of amides is 1. The monoisotopic (exact) mass is 327 g/mol. The third-order valence-electron chi connectivity index (χ3n) is 5.04. The molecule has 2 nitrogen and oxygen atoms in total. The lowest BCUT2D eigenvalue weighted by atomic mass is 9.87. The Morgan fingerprint density at radius 3 is 2.36 bits per heavy atom. The summed E-state index contributed by atoms with van der Waals surface area (Å²) in [5.41, 5.74) is 5.56. The molecular formula is C23H21NO. The SMILES string of the molecule is Cc1ccccc1C(=O)N1CCc2ccccc2C1c1ccccc1. The van der Waals surface area contributed by atoms with Crippen LogP contribution in [0, 0.1) is 6.92 Å². The Kier molecular flexibility index (Phi) is 4.10. The molecular weight excluding hydrogens is 306 g/mol. The van der Waals surface area contributed by atoms with Gasteiger partial charge in [-0.25, -0.2) is 0 Å². The van der Waals surface area contributed by atoms with Crippen molar-refractivity contribution in [2.75, 3.05) is 6.54 Å². The van der Waals surface area contributed by atoms with E-state index in [2.05, 4.69) is 36.4 Å². The molecule has 1 unspecified atom stereocenters. The lowest BCUT2D eigenvalue weighted by Gasteiger charge is -2.38. The van der Waals surface area contributed by atoms with Gasteiger partial charge in [-0.05, 0) is 41.7 Å². The van der Waals surface area contributed by atoms with Gasteiger partial charge in [-0.2, -0.15) is 0 Å². The van der Waals surface area contributed by atoms with E-state index in [4.69, 9.17) is 0 Å². The molecule has 1 aliphatic heterocycles. The molecule has 2 heteroatoms. The molecule has 0 bridgehead atoms. The fraction of sp³-hybridized carbons (Fsp3) is 0.174. The van der Waals surface area contributed by atoms with Crippen LogP contribution in [0.2, 0.25) is 0 Å². The van der Waals surface area contributed by atoms with Crippen LogP contribution in [-0.2, 0) is 6.42 Å². The molecule has 0 radical (unpaired) electrons. The van der Waals surface area contributed by atoms with Crippen LogP contribution in [0.5, 0.6) is 0 Å². The quantitative estimate of drug-likeness (QED) is 0.663. The molecule has 1 heterocycles. The largest absolute Gasteiger partial charge is 0.327 e. The molecule has 1 aliphatic rings. The van der Waals surface area contributed by atoms with Gasteiger partial charge in [-0.15, -0.1) is 0 Å². The first-order valence-corrected chi connectivity index (χ1v) is 8.75. The van der Waals surface area contributed by atoms with Gasteiger partial charge in [-0.3, -0.25) is 4.79 Å². The van der Waals surface area contributed by atoms with E-state index in [9.17, 15) is 4.79 Å². The molecule has 25 heavy (non-hydrogen) atoms. The van der Waals surface area contributed by atoms with E-state index >= 15 is 0 Å². The highest BCUT2D eigenvalue weighted by Gasteiger charge is 2.32. The summed E-state index contributed by atoms with van der Waals surface area (Å²) in [7, 11) is 0. The van der Waals surface area contributed by atoms with Crippen LogP contribution in [0.25, 0.3) is 0 Å². The van der Waals surface area contributed by atoms with Crippen molar-refractivity contribution in [3.8, 4) is 0 Å². The average Bonchev–Trinajstić information content (AvgIpc) is 2.67. The van der Waals surface area contributed by atoms with Crippen LogP contribution in [0.1, 0.15) is 38.7 Å².